The molecule has 0 aliphatic carbocycles. The quantitative estimate of drug-likeness (QED) is 0.294. The van der Waals surface area contributed by atoms with Crippen molar-refractivity contribution in [1.82, 2.24) is 0 Å². The SMILES string of the molecule is O=C(O)c1ccccc1Nc1ccc(OCCCCP(=O)(O)O)cc1C(=O)O. The van der Waals surface area contributed by atoms with Gasteiger partial charge >= 0.3 is 19.5 Å². The Hall–Kier alpha value is -2.87. The number of ether oxygens (including phenoxy) is 1. The molecule has 2 aromatic carbocycles. The maximum atomic E-state index is 11.6. The van der Waals surface area contributed by atoms with E-state index in [0.29, 0.717) is 6.42 Å². The number of carbonyl (C=O) groups is 2. The first-order chi connectivity index (χ1) is 13.2. The molecule has 2 rings (SSSR count). The molecule has 5 N–H and O–H groups in total. The minimum atomic E-state index is -4.03. The summed E-state index contributed by atoms with van der Waals surface area (Å²) in [6.07, 6.45) is 0.448. The predicted molar refractivity (Wildman–Crippen MR) is 102 cm³/mol. The molecule has 28 heavy (non-hydrogen) atoms. The van der Waals surface area contributed by atoms with Crippen molar-refractivity contribution in [2.24, 2.45) is 0 Å². The van der Waals surface area contributed by atoms with Crippen molar-refractivity contribution >= 4 is 30.9 Å². The molecule has 0 bridgehead atoms. The van der Waals surface area contributed by atoms with Crippen LogP contribution in [0.4, 0.5) is 11.4 Å². The summed E-state index contributed by atoms with van der Waals surface area (Å²) >= 11 is 0. The number of carboxylic acid groups (broad SMARTS) is 2. The number of anilines is 2. The van der Waals surface area contributed by atoms with Gasteiger partial charge in [0.2, 0.25) is 0 Å². The van der Waals surface area contributed by atoms with E-state index in [4.69, 9.17) is 14.5 Å². The van der Waals surface area contributed by atoms with Crippen molar-refractivity contribution in [2.45, 2.75) is 12.8 Å². The first kappa shape index (κ1) is 21.4. The average molecular weight is 409 g/mol. The van der Waals surface area contributed by atoms with Gasteiger partial charge in [0, 0.05) is 6.16 Å². The fourth-order valence-electron chi connectivity index (χ4n) is 2.43. The van der Waals surface area contributed by atoms with Crippen LogP contribution in [0.5, 0.6) is 5.75 Å². The Balaban J connectivity index is 2.10. The summed E-state index contributed by atoms with van der Waals surface area (Å²) in [7, 11) is -4.03. The van der Waals surface area contributed by atoms with Crippen LogP contribution in [-0.2, 0) is 4.57 Å². The molecule has 2 aromatic rings. The highest BCUT2D eigenvalue weighted by Crippen LogP contribution is 2.35. The van der Waals surface area contributed by atoms with Gasteiger partial charge in [-0.25, -0.2) is 9.59 Å². The van der Waals surface area contributed by atoms with Crippen LogP contribution in [0.3, 0.4) is 0 Å². The number of nitrogens with one attached hydrogen (secondary N) is 1. The van der Waals surface area contributed by atoms with E-state index in [1.807, 2.05) is 0 Å². The molecule has 0 saturated carbocycles. The number of unbranched alkanes of at least 4 members (excludes halogenated alkanes) is 1. The Bertz CT molecular complexity index is 908. The second kappa shape index (κ2) is 9.36. The fourth-order valence-corrected chi connectivity index (χ4v) is 3.07. The van der Waals surface area contributed by atoms with Gasteiger partial charge in [0.15, 0.2) is 0 Å². The van der Waals surface area contributed by atoms with Crippen molar-refractivity contribution in [1.29, 1.82) is 0 Å². The molecule has 0 radical (unpaired) electrons. The van der Waals surface area contributed by atoms with Gasteiger partial charge in [-0.2, -0.15) is 0 Å². The van der Waals surface area contributed by atoms with Crippen LogP contribution in [0.2, 0.25) is 0 Å². The van der Waals surface area contributed by atoms with Crippen molar-refractivity contribution in [3.8, 4) is 5.75 Å². The molecule has 0 saturated heterocycles. The lowest BCUT2D eigenvalue weighted by molar-refractivity contribution is 0.0687. The molecule has 0 unspecified atom stereocenters. The number of benzene rings is 2. The lowest BCUT2D eigenvalue weighted by Crippen LogP contribution is -2.07. The van der Waals surface area contributed by atoms with Crippen LogP contribution < -0.4 is 10.1 Å². The van der Waals surface area contributed by atoms with Crippen molar-refractivity contribution in [3.63, 3.8) is 0 Å². The first-order valence-corrected chi connectivity index (χ1v) is 10.1. The Morgan fingerprint density at radius 2 is 1.57 bits per heavy atom. The summed E-state index contributed by atoms with van der Waals surface area (Å²) in [4.78, 5) is 40.5. The van der Waals surface area contributed by atoms with Crippen LogP contribution in [0.25, 0.3) is 0 Å². The molecular weight excluding hydrogens is 389 g/mol. The van der Waals surface area contributed by atoms with E-state index >= 15 is 0 Å². The van der Waals surface area contributed by atoms with Gasteiger partial charge in [0.05, 0.1) is 29.1 Å². The second-order valence-electron chi connectivity index (χ2n) is 5.93. The number of para-hydroxylation sites is 1. The Morgan fingerprint density at radius 3 is 2.21 bits per heavy atom. The highest BCUT2D eigenvalue weighted by Gasteiger charge is 2.15. The van der Waals surface area contributed by atoms with E-state index < -0.39 is 19.5 Å². The zero-order valence-corrected chi connectivity index (χ0v) is 15.6. The molecule has 0 aliphatic heterocycles. The number of rotatable bonds is 10. The zero-order valence-electron chi connectivity index (χ0n) is 14.7. The van der Waals surface area contributed by atoms with Crippen LogP contribution in [0.1, 0.15) is 33.6 Å². The van der Waals surface area contributed by atoms with Crippen LogP contribution >= 0.6 is 7.60 Å². The van der Waals surface area contributed by atoms with Crippen LogP contribution in [0, 0.1) is 0 Å². The molecule has 0 fully saturated rings. The molecule has 150 valence electrons. The van der Waals surface area contributed by atoms with Gasteiger partial charge in [-0.3, -0.25) is 4.57 Å². The summed E-state index contributed by atoms with van der Waals surface area (Å²) in [5.41, 5.74) is 0.357. The Morgan fingerprint density at radius 1 is 0.929 bits per heavy atom. The topological polar surface area (TPSA) is 153 Å². The van der Waals surface area contributed by atoms with Crippen LogP contribution in [-0.4, -0.2) is 44.7 Å². The fraction of sp³-hybridized carbons (Fsp3) is 0.222. The third kappa shape index (κ3) is 6.38. The van der Waals surface area contributed by atoms with Gasteiger partial charge in [-0.1, -0.05) is 12.1 Å². The molecule has 0 aliphatic rings. The lowest BCUT2D eigenvalue weighted by Gasteiger charge is -2.14. The van der Waals surface area contributed by atoms with E-state index in [1.165, 1.54) is 30.3 Å². The third-order valence-electron chi connectivity index (χ3n) is 3.76. The van der Waals surface area contributed by atoms with Crippen molar-refractivity contribution in [3.05, 3.63) is 53.6 Å². The molecule has 0 amide bonds. The maximum Gasteiger partial charge on any atom is 0.337 e. The average Bonchev–Trinajstić information content (AvgIpc) is 2.61. The minimum absolute atomic E-state index is 0.00391. The van der Waals surface area contributed by atoms with E-state index in [-0.39, 0.29) is 47.4 Å². The molecule has 0 spiro atoms. The summed E-state index contributed by atoms with van der Waals surface area (Å²) in [5, 5.41) is 21.5. The maximum absolute atomic E-state index is 11.6. The third-order valence-corrected chi connectivity index (χ3v) is 4.66. The zero-order chi connectivity index (χ0) is 20.7. The Kier molecular flexibility index (Phi) is 7.17. The normalized spacial score (nSPS) is 11.1. The predicted octanol–water partition coefficient (Wildman–Crippen LogP) is 3.16. The number of hydrogen-bond donors (Lipinski definition) is 5. The van der Waals surface area contributed by atoms with Gasteiger partial charge < -0.3 is 30.1 Å². The van der Waals surface area contributed by atoms with Crippen molar-refractivity contribution < 1.29 is 38.9 Å². The number of aromatic carboxylic acids is 2. The highest BCUT2D eigenvalue weighted by atomic mass is 31.2. The number of hydrogen-bond acceptors (Lipinski definition) is 5. The van der Waals surface area contributed by atoms with E-state index in [1.54, 1.807) is 12.1 Å². The molecule has 0 atom stereocenters. The first-order valence-electron chi connectivity index (χ1n) is 8.31. The summed E-state index contributed by atoms with van der Waals surface area (Å²) in [5.74, 6) is -2.08. The lowest BCUT2D eigenvalue weighted by atomic mass is 10.1. The molecule has 0 heterocycles. The smallest absolute Gasteiger partial charge is 0.337 e. The van der Waals surface area contributed by atoms with Crippen LogP contribution in [0.15, 0.2) is 42.5 Å². The van der Waals surface area contributed by atoms with Gasteiger partial charge in [0.25, 0.3) is 0 Å². The summed E-state index contributed by atoms with van der Waals surface area (Å²) < 4.78 is 16.2. The van der Waals surface area contributed by atoms with Gasteiger partial charge in [-0.15, -0.1) is 0 Å². The Labute approximate surface area is 160 Å². The van der Waals surface area contributed by atoms with Crippen molar-refractivity contribution in [2.75, 3.05) is 18.1 Å². The highest BCUT2D eigenvalue weighted by molar-refractivity contribution is 7.51. The van der Waals surface area contributed by atoms with Gasteiger partial charge in [0.1, 0.15) is 5.75 Å². The number of carboxylic acids is 2. The molecule has 9 nitrogen and oxygen atoms in total. The molecule has 0 aromatic heterocycles. The summed E-state index contributed by atoms with van der Waals surface area (Å²) in [6, 6.07) is 10.4. The minimum Gasteiger partial charge on any atom is -0.494 e. The largest absolute Gasteiger partial charge is 0.494 e. The molecular formula is C18H20NO8P. The summed E-state index contributed by atoms with van der Waals surface area (Å²) in [6.45, 7) is 0.174. The van der Waals surface area contributed by atoms with Gasteiger partial charge in [-0.05, 0) is 43.2 Å². The monoisotopic (exact) mass is 409 g/mol. The second-order valence-corrected chi connectivity index (χ2v) is 7.71. The van der Waals surface area contributed by atoms with E-state index in [9.17, 15) is 24.4 Å². The van der Waals surface area contributed by atoms with E-state index in [2.05, 4.69) is 5.32 Å². The molecule has 10 heteroatoms. The standard InChI is InChI=1S/C18H20NO8P/c20-17(21)13-5-1-2-6-15(13)19-16-8-7-12(11-14(16)18(22)23)27-9-3-4-10-28(24,25)26/h1-2,5-8,11,19H,3-4,9-10H2,(H,20,21)(H,22,23)(H2,24,25,26). The van der Waals surface area contributed by atoms with E-state index in [0.717, 1.165) is 0 Å².